The maximum Gasteiger partial charge on any atom is 0.162 e. The third-order valence-corrected chi connectivity index (χ3v) is 6.10. The molecular weight excluding hydrogens is 318 g/mol. The van der Waals surface area contributed by atoms with E-state index >= 15 is 0 Å². The molecule has 134 valence electrons. The van der Waals surface area contributed by atoms with Crippen LogP contribution in [-0.4, -0.2) is 54.6 Å². The van der Waals surface area contributed by atoms with E-state index in [2.05, 4.69) is 11.9 Å². The van der Waals surface area contributed by atoms with Crippen molar-refractivity contribution >= 4 is 0 Å². The molecule has 5 heteroatoms. The van der Waals surface area contributed by atoms with Crippen molar-refractivity contribution in [2.45, 2.75) is 36.8 Å². The van der Waals surface area contributed by atoms with Gasteiger partial charge in [0.1, 0.15) is 11.4 Å². The Bertz CT molecular complexity index is 795. The molecule has 0 radical (unpaired) electrons. The Morgan fingerprint density at radius 2 is 1.96 bits per heavy atom. The van der Waals surface area contributed by atoms with E-state index in [1.54, 1.807) is 21.1 Å². The smallest absolute Gasteiger partial charge is 0.162 e. The maximum atomic E-state index is 10.9. The van der Waals surface area contributed by atoms with Gasteiger partial charge in [-0.2, -0.15) is 0 Å². The first-order chi connectivity index (χ1) is 11.8. The minimum absolute atomic E-state index is 0.196. The molecule has 1 heterocycles. The minimum Gasteiger partial charge on any atom is -0.504 e. The van der Waals surface area contributed by atoms with Crippen molar-refractivity contribution in [3.8, 4) is 11.5 Å². The van der Waals surface area contributed by atoms with Crippen LogP contribution in [0.25, 0.3) is 0 Å². The molecule has 1 fully saturated rings. The van der Waals surface area contributed by atoms with Crippen LogP contribution < -0.4 is 4.74 Å². The molecule has 2 N–H and O–H groups in total. The van der Waals surface area contributed by atoms with Crippen LogP contribution in [0.4, 0.5) is 0 Å². The van der Waals surface area contributed by atoms with E-state index < -0.39 is 11.0 Å². The molecule has 0 amide bonds. The lowest BCUT2D eigenvalue weighted by Gasteiger charge is -2.54. The summed E-state index contributed by atoms with van der Waals surface area (Å²) in [5.74, 6) is 1.20. The number of nitrogens with zero attached hydrogens (tertiary/aromatic N) is 1. The number of phenolic OH excluding ortho intramolecular Hbond substituents is 1. The number of rotatable bonds is 2. The van der Waals surface area contributed by atoms with Gasteiger partial charge in [0.15, 0.2) is 11.5 Å². The Kier molecular flexibility index (Phi) is 3.47. The number of aromatic hydroxyl groups is 1. The summed E-state index contributed by atoms with van der Waals surface area (Å²) in [7, 11) is 5.27. The predicted molar refractivity (Wildman–Crippen MR) is 94.9 cm³/mol. The highest BCUT2D eigenvalue weighted by atomic mass is 16.5. The van der Waals surface area contributed by atoms with Crippen molar-refractivity contribution in [1.82, 2.24) is 4.90 Å². The maximum absolute atomic E-state index is 10.9. The third kappa shape index (κ3) is 2.09. The van der Waals surface area contributed by atoms with Crippen LogP contribution in [0.15, 0.2) is 35.6 Å². The molecule has 5 nitrogen and oxygen atoms in total. The van der Waals surface area contributed by atoms with Gasteiger partial charge < -0.3 is 19.7 Å². The molecule has 2 aliphatic carbocycles. The van der Waals surface area contributed by atoms with Crippen molar-refractivity contribution in [2.75, 3.05) is 27.8 Å². The lowest BCUT2D eigenvalue weighted by molar-refractivity contribution is 0.0648. The molecule has 1 saturated heterocycles. The van der Waals surface area contributed by atoms with Crippen LogP contribution in [0, 0.1) is 0 Å². The van der Waals surface area contributed by atoms with Gasteiger partial charge in [0.05, 0.1) is 14.2 Å². The van der Waals surface area contributed by atoms with Gasteiger partial charge in [0.25, 0.3) is 0 Å². The zero-order chi connectivity index (χ0) is 18.0. The van der Waals surface area contributed by atoms with Gasteiger partial charge in [-0.1, -0.05) is 6.07 Å². The summed E-state index contributed by atoms with van der Waals surface area (Å²) in [5.41, 5.74) is 1.56. The number of benzene rings is 1. The van der Waals surface area contributed by atoms with E-state index in [1.807, 2.05) is 24.3 Å². The molecule has 4 rings (SSSR count). The molecule has 3 atom stereocenters. The van der Waals surface area contributed by atoms with E-state index in [9.17, 15) is 10.2 Å². The molecule has 3 aliphatic rings. The lowest BCUT2D eigenvalue weighted by atomic mass is 9.57. The number of phenols is 1. The van der Waals surface area contributed by atoms with Crippen LogP contribution in [0.2, 0.25) is 0 Å². The summed E-state index contributed by atoms with van der Waals surface area (Å²) < 4.78 is 10.9. The molecule has 0 aromatic heterocycles. The number of aliphatic hydroxyl groups is 1. The van der Waals surface area contributed by atoms with Crippen LogP contribution in [-0.2, 0) is 16.6 Å². The van der Waals surface area contributed by atoms with E-state index in [0.717, 1.165) is 36.1 Å². The van der Waals surface area contributed by atoms with Gasteiger partial charge in [-0.05, 0) is 62.7 Å². The highest BCUT2D eigenvalue weighted by Gasteiger charge is 2.53. The summed E-state index contributed by atoms with van der Waals surface area (Å²) >= 11 is 0. The molecular formula is C20H25NO4. The number of hydrogen-bond donors (Lipinski definition) is 2. The van der Waals surface area contributed by atoms with Crippen molar-refractivity contribution in [3.05, 3.63) is 46.7 Å². The summed E-state index contributed by atoms with van der Waals surface area (Å²) in [6.07, 6.45) is 5.57. The Morgan fingerprint density at radius 3 is 2.64 bits per heavy atom. The molecule has 1 aliphatic heterocycles. The number of methoxy groups -OCH3 is 2. The standard InChI is InChI=1S/C20H25NO4/c1-19(23)10-13-14-9-12-5-6-15(24-3)18(22)17(12)20(13,7-8-21(14)2)11-16(19)25-4/h5-6,10-11,14,22-23H,7-9H2,1-4H3. The first-order valence-electron chi connectivity index (χ1n) is 8.66. The highest BCUT2D eigenvalue weighted by molar-refractivity contribution is 5.65. The third-order valence-electron chi connectivity index (χ3n) is 6.10. The second kappa shape index (κ2) is 5.26. The van der Waals surface area contributed by atoms with Gasteiger partial charge in [-0.25, -0.2) is 0 Å². The average Bonchev–Trinajstić information content (AvgIpc) is 2.57. The molecule has 2 bridgehead atoms. The number of likely N-dealkylation sites (tertiary alicyclic amines) is 1. The lowest BCUT2D eigenvalue weighted by Crippen LogP contribution is -2.55. The Labute approximate surface area is 148 Å². The van der Waals surface area contributed by atoms with Gasteiger partial charge in [0, 0.05) is 17.0 Å². The van der Waals surface area contributed by atoms with Crippen molar-refractivity contribution in [3.63, 3.8) is 0 Å². The average molecular weight is 343 g/mol. The Morgan fingerprint density at radius 1 is 1.20 bits per heavy atom. The van der Waals surface area contributed by atoms with Crippen LogP contribution in [0.3, 0.4) is 0 Å². The minimum atomic E-state index is -1.14. The SMILES string of the molecule is COC1=CC23CCN(C)C(Cc4ccc(OC)c(O)c42)C3=CC1(C)O. The number of hydrogen-bond acceptors (Lipinski definition) is 5. The Balaban J connectivity index is 2.04. The van der Waals surface area contributed by atoms with Crippen LogP contribution >= 0.6 is 0 Å². The molecule has 3 unspecified atom stereocenters. The summed E-state index contributed by atoms with van der Waals surface area (Å²) in [6, 6.07) is 4.08. The zero-order valence-corrected chi connectivity index (χ0v) is 15.2. The van der Waals surface area contributed by atoms with E-state index in [-0.39, 0.29) is 11.8 Å². The number of fused-ring (bicyclic) bond motifs is 1. The van der Waals surface area contributed by atoms with Gasteiger partial charge in [0.2, 0.25) is 0 Å². The number of likely N-dealkylation sites (N-methyl/N-ethyl adjacent to an activating group) is 1. The number of piperidine rings is 1. The summed E-state index contributed by atoms with van der Waals surface area (Å²) in [6.45, 7) is 2.66. The molecule has 25 heavy (non-hydrogen) atoms. The fourth-order valence-corrected chi connectivity index (χ4v) is 4.84. The van der Waals surface area contributed by atoms with E-state index in [0.29, 0.717) is 11.5 Å². The fourth-order valence-electron chi connectivity index (χ4n) is 4.84. The van der Waals surface area contributed by atoms with Gasteiger partial charge in [-0.15, -0.1) is 0 Å². The summed E-state index contributed by atoms with van der Waals surface area (Å²) in [5, 5.41) is 21.8. The fraction of sp³-hybridized carbons (Fsp3) is 0.500. The largest absolute Gasteiger partial charge is 0.504 e. The molecule has 0 saturated carbocycles. The highest BCUT2D eigenvalue weighted by Crippen LogP contribution is 2.57. The van der Waals surface area contributed by atoms with Gasteiger partial charge >= 0.3 is 0 Å². The second-order valence-electron chi connectivity index (χ2n) is 7.53. The van der Waals surface area contributed by atoms with Crippen LogP contribution in [0.5, 0.6) is 11.5 Å². The molecule has 1 aromatic carbocycles. The second-order valence-corrected chi connectivity index (χ2v) is 7.53. The Hall–Kier alpha value is -1.98. The first-order valence-corrected chi connectivity index (χ1v) is 8.66. The quantitative estimate of drug-likeness (QED) is 0.806. The molecule has 1 aromatic rings. The summed E-state index contributed by atoms with van der Waals surface area (Å²) in [4.78, 5) is 2.33. The number of allylic oxidation sites excluding steroid dienone is 1. The monoisotopic (exact) mass is 343 g/mol. The predicted octanol–water partition coefficient (Wildman–Crippen LogP) is 2.12. The number of ether oxygens (including phenoxy) is 2. The normalized spacial score (nSPS) is 33.7. The van der Waals surface area contributed by atoms with Gasteiger partial charge in [-0.3, -0.25) is 4.90 Å². The zero-order valence-electron chi connectivity index (χ0n) is 15.2. The molecule has 0 spiro atoms. The van der Waals surface area contributed by atoms with Crippen molar-refractivity contribution < 1.29 is 19.7 Å². The van der Waals surface area contributed by atoms with E-state index in [1.165, 1.54) is 0 Å². The van der Waals surface area contributed by atoms with E-state index in [4.69, 9.17) is 9.47 Å². The topological polar surface area (TPSA) is 62.2 Å². The van der Waals surface area contributed by atoms with Crippen molar-refractivity contribution in [1.29, 1.82) is 0 Å². The van der Waals surface area contributed by atoms with Crippen molar-refractivity contribution in [2.24, 2.45) is 0 Å². The van der Waals surface area contributed by atoms with Crippen LogP contribution in [0.1, 0.15) is 24.5 Å². The first kappa shape index (κ1) is 16.5.